The second-order valence-corrected chi connectivity index (χ2v) is 6.02. The smallest absolute Gasteiger partial charge is 0.227 e. The normalized spacial score (nSPS) is 23.9. The SMILES string of the molecule is CC(C)C(=O)N1CC(C)C(C(=O)N(C)C(C)C)C1. The number of amides is 2. The molecule has 1 saturated heterocycles. The zero-order valence-corrected chi connectivity index (χ0v) is 12.4. The van der Waals surface area contributed by atoms with Crippen molar-refractivity contribution in [1.29, 1.82) is 0 Å². The monoisotopic (exact) mass is 254 g/mol. The summed E-state index contributed by atoms with van der Waals surface area (Å²) in [6, 6.07) is 0.208. The molecule has 0 radical (unpaired) electrons. The second kappa shape index (κ2) is 5.72. The Labute approximate surface area is 110 Å². The molecular formula is C14H26N2O2. The third-order valence-electron chi connectivity index (χ3n) is 3.86. The van der Waals surface area contributed by atoms with E-state index in [2.05, 4.69) is 6.92 Å². The molecule has 2 amide bonds. The predicted molar refractivity (Wildman–Crippen MR) is 72.0 cm³/mol. The van der Waals surface area contributed by atoms with Crippen molar-refractivity contribution in [1.82, 2.24) is 9.80 Å². The molecule has 2 atom stereocenters. The summed E-state index contributed by atoms with van der Waals surface area (Å²) in [6.07, 6.45) is 0. The van der Waals surface area contributed by atoms with Gasteiger partial charge in [0.2, 0.25) is 11.8 Å². The Morgan fingerprint density at radius 1 is 1.17 bits per heavy atom. The molecule has 0 saturated carbocycles. The van der Waals surface area contributed by atoms with E-state index in [9.17, 15) is 9.59 Å². The lowest BCUT2D eigenvalue weighted by molar-refractivity contribution is -0.137. The fourth-order valence-electron chi connectivity index (χ4n) is 2.35. The van der Waals surface area contributed by atoms with Gasteiger partial charge in [0.05, 0.1) is 5.92 Å². The Hall–Kier alpha value is -1.06. The molecule has 0 aromatic heterocycles. The molecule has 4 heteroatoms. The van der Waals surface area contributed by atoms with E-state index >= 15 is 0 Å². The van der Waals surface area contributed by atoms with E-state index in [4.69, 9.17) is 0 Å². The highest BCUT2D eigenvalue weighted by atomic mass is 16.2. The first kappa shape index (κ1) is 15.0. The van der Waals surface area contributed by atoms with E-state index in [0.717, 1.165) is 0 Å². The zero-order chi connectivity index (χ0) is 14.0. The minimum atomic E-state index is -0.0416. The summed E-state index contributed by atoms with van der Waals surface area (Å²) in [4.78, 5) is 27.9. The summed E-state index contributed by atoms with van der Waals surface area (Å²) in [5, 5.41) is 0. The Morgan fingerprint density at radius 2 is 1.72 bits per heavy atom. The van der Waals surface area contributed by atoms with Crippen LogP contribution < -0.4 is 0 Å². The molecule has 0 aliphatic carbocycles. The van der Waals surface area contributed by atoms with Crippen molar-refractivity contribution >= 4 is 11.8 Å². The Bertz CT molecular complexity index is 326. The van der Waals surface area contributed by atoms with Crippen LogP contribution in [0.4, 0.5) is 0 Å². The highest BCUT2D eigenvalue weighted by molar-refractivity contribution is 5.83. The van der Waals surface area contributed by atoms with Gasteiger partial charge in [0.25, 0.3) is 0 Å². The second-order valence-electron chi connectivity index (χ2n) is 6.02. The van der Waals surface area contributed by atoms with Crippen molar-refractivity contribution < 1.29 is 9.59 Å². The first-order chi connectivity index (χ1) is 8.25. The molecule has 1 aliphatic rings. The average Bonchev–Trinajstić information content (AvgIpc) is 2.67. The largest absolute Gasteiger partial charge is 0.343 e. The summed E-state index contributed by atoms with van der Waals surface area (Å²) >= 11 is 0. The van der Waals surface area contributed by atoms with Crippen LogP contribution in [0.1, 0.15) is 34.6 Å². The van der Waals surface area contributed by atoms with Gasteiger partial charge in [0.1, 0.15) is 0 Å². The topological polar surface area (TPSA) is 40.6 Å². The molecule has 0 N–H and O–H groups in total. The summed E-state index contributed by atoms with van der Waals surface area (Å²) in [7, 11) is 1.84. The fourth-order valence-corrected chi connectivity index (χ4v) is 2.35. The van der Waals surface area contributed by atoms with E-state index in [1.807, 2.05) is 39.6 Å². The van der Waals surface area contributed by atoms with E-state index in [1.165, 1.54) is 0 Å². The van der Waals surface area contributed by atoms with Crippen LogP contribution in [0.2, 0.25) is 0 Å². The first-order valence-corrected chi connectivity index (χ1v) is 6.81. The van der Waals surface area contributed by atoms with Crippen LogP contribution in [0.5, 0.6) is 0 Å². The van der Waals surface area contributed by atoms with Crippen molar-refractivity contribution in [2.75, 3.05) is 20.1 Å². The molecule has 0 aromatic carbocycles. The minimum absolute atomic E-state index is 0.00822. The van der Waals surface area contributed by atoms with Crippen LogP contribution in [0.3, 0.4) is 0 Å². The lowest BCUT2D eigenvalue weighted by Crippen LogP contribution is -2.40. The maximum absolute atomic E-state index is 12.3. The van der Waals surface area contributed by atoms with Crippen molar-refractivity contribution in [2.45, 2.75) is 40.7 Å². The van der Waals surface area contributed by atoms with Crippen LogP contribution >= 0.6 is 0 Å². The average molecular weight is 254 g/mol. The number of nitrogens with zero attached hydrogens (tertiary/aromatic N) is 2. The molecule has 4 nitrogen and oxygen atoms in total. The third kappa shape index (κ3) is 3.03. The molecule has 0 aromatic rings. The van der Waals surface area contributed by atoms with E-state index < -0.39 is 0 Å². The predicted octanol–water partition coefficient (Wildman–Crippen LogP) is 1.60. The highest BCUT2D eigenvalue weighted by Crippen LogP contribution is 2.26. The number of likely N-dealkylation sites (tertiary alicyclic amines) is 1. The molecule has 104 valence electrons. The highest BCUT2D eigenvalue weighted by Gasteiger charge is 2.38. The molecule has 18 heavy (non-hydrogen) atoms. The van der Waals surface area contributed by atoms with E-state index in [0.29, 0.717) is 13.1 Å². The minimum Gasteiger partial charge on any atom is -0.343 e. The number of hydrogen-bond acceptors (Lipinski definition) is 2. The van der Waals surface area contributed by atoms with Crippen LogP contribution in [0.15, 0.2) is 0 Å². The number of rotatable bonds is 3. The van der Waals surface area contributed by atoms with Crippen molar-refractivity contribution in [3.05, 3.63) is 0 Å². The van der Waals surface area contributed by atoms with Gasteiger partial charge in [-0.3, -0.25) is 9.59 Å². The van der Waals surface area contributed by atoms with Gasteiger partial charge in [-0.05, 0) is 19.8 Å². The molecule has 0 bridgehead atoms. The summed E-state index contributed by atoms with van der Waals surface area (Å²) in [6.45, 7) is 11.2. The molecule has 1 fully saturated rings. The van der Waals surface area contributed by atoms with Crippen LogP contribution in [-0.2, 0) is 9.59 Å². The molecule has 2 unspecified atom stereocenters. The van der Waals surface area contributed by atoms with Gasteiger partial charge in [-0.2, -0.15) is 0 Å². The van der Waals surface area contributed by atoms with Gasteiger partial charge in [0, 0.05) is 32.1 Å². The zero-order valence-electron chi connectivity index (χ0n) is 12.4. The van der Waals surface area contributed by atoms with Crippen molar-refractivity contribution in [2.24, 2.45) is 17.8 Å². The Morgan fingerprint density at radius 3 is 2.17 bits per heavy atom. The van der Waals surface area contributed by atoms with Crippen LogP contribution in [-0.4, -0.2) is 47.8 Å². The van der Waals surface area contributed by atoms with Crippen molar-refractivity contribution in [3.8, 4) is 0 Å². The van der Waals surface area contributed by atoms with E-state index in [1.54, 1.807) is 4.90 Å². The van der Waals surface area contributed by atoms with Gasteiger partial charge in [-0.25, -0.2) is 0 Å². The van der Waals surface area contributed by atoms with Gasteiger partial charge in [0.15, 0.2) is 0 Å². The molecular weight excluding hydrogens is 228 g/mol. The third-order valence-corrected chi connectivity index (χ3v) is 3.86. The lowest BCUT2D eigenvalue weighted by Gasteiger charge is -2.26. The lowest BCUT2D eigenvalue weighted by atomic mass is 9.96. The summed E-state index contributed by atoms with van der Waals surface area (Å²) in [5.41, 5.74) is 0. The first-order valence-electron chi connectivity index (χ1n) is 6.81. The molecule has 1 rings (SSSR count). The van der Waals surface area contributed by atoms with Gasteiger partial charge in [-0.15, -0.1) is 0 Å². The summed E-state index contributed by atoms with van der Waals surface area (Å²) in [5.74, 6) is 0.538. The maximum Gasteiger partial charge on any atom is 0.227 e. The standard InChI is InChI=1S/C14H26N2O2/c1-9(2)13(17)16-7-11(5)12(8-16)14(18)15(6)10(3)4/h9-12H,7-8H2,1-6H3. The quantitative estimate of drug-likeness (QED) is 0.767. The number of carbonyl (C=O) groups is 2. The van der Waals surface area contributed by atoms with Gasteiger partial charge >= 0.3 is 0 Å². The fraction of sp³-hybridized carbons (Fsp3) is 0.857. The number of carbonyl (C=O) groups excluding carboxylic acids is 2. The molecule has 0 spiro atoms. The Kier molecular flexibility index (Phi) is 4.77. The van der Waals surface area contributed by atoms with E-state index in [-0.39, 0.29) is 35.6 Å². The maximum atomic E-state index is 12.3. The van der Waals surface area contributed by atoms with Crippen LogP contribution in [0, 0.1) is 17.8 Å². The van der Waals surface area contributed by atoms with Gasteiger partial charge < -0.3 is 9.80 Å². The number of hydrogen-bond donors (Lipinski definition) is 0. The molecule has 1 aliphatic heterocycles. The van der Waals surface area contributed by atoms with Crippen LogP contribution in [0.25, 0.3) is 0 Å². The van der Waals surface area contributed by atoms with Crippen molar-refractivity contribution in [3.63, 3.8) is 0 Å². The molecule has 1 heterocycles. The Balaban J connectivity index is 2.70. The summed E-state index contributed by atoms with van der Waals surface area (Å²) < 4.78 is 0. The van der Waals surface area contributed by atoms with Gasteiger partial charge in [-0.1, -0.05) is 20.8 Å².